The highest BCUT2D eigenvalue weighted by molar-refractivity contribution is 7.21. The first-order chi connectivity index (χ1) is 13.8. The summed E-state index contributed by atoms with van der Waals surface area (Å²) in [5, 5.41) is 4.13. The Kier molecular flexibility index (Phi) is 5.30. The van der Waals surface area contributed by atoms with Gasteiger partial charge in [0.1, 0.15) is 17.0 Å². The van der Waals surface area contributed by atoms with Crippen LogP contribution in [0.25, 0.3) is 20.7 Å². The number of hydrogen-bond donors (Lipinski definition) is 1. The maximum atomic E-state index is 12.7. The second-order valence-corrected chi connectivity index (χ2v) is 7.28. The first-order valence-electron chi connectivity index (χ1n) is 9.15. The van der Waals surface area contributed by atoms with Crippen LogP contribution in [0.1, 0.15) is 6.92 Å². The maximum Gasteiger partial charge on any atom is 0.246 e. The van der Waals surface area contributed by atoms with Crippen molar-refractivity contribution in [2.75, 3.05) is 23.3 Å². The number of thiophene rings is 1. The lowest BCUT2D eigenvalue weighted by atomic mass is 10.2. The highest BCUT2D eigenvalue weighted by atomic mass is 32.1. The standard InChI is InChI=1S/C22H20N4OS/c1-2-26(17-11-7-4-8-12-17)20(27)14-23-21-18-13-19(16-9-5-3-6-10-16)28-22(18)25-15-24-21/h3-13,15H,2,14H2,1H3,(H,23,24,25). The summed E-state index contributed by atoms with van der Waals surface area (Å²) < 4.78 is 0. The topological polar surface area (TPSA) is 58.1 Å². The summed E-state index contributed by atoms with van der Waals surface area (Å²) in [6.07, 6.45) is 1.54. The largest absolute Gasteiger partial charge is 0.360 e. The molecule has 4 aromatic rings. The molecule has 0 aliphatic carbocycles. The van der Waals surface area contributed by atoms with Crippen molar-refractivity contribution in [3.63, 3.8) is 0 Å². The lowest BCUT2D eigenvalue weighted by molar-refractivity contribution is -0.116. The molecule has 0 radical (unpaired) electrons. The average Bonchev–Trinajstić information content (AvgIpc) is 3.19. The third kappa shape index (κ3) is 3.73. The molecule has 0 atom stereocenters. The van der Waals surface area contributed by atoms with E-state index in [4.69, 9.17) is 0 Å². The van der Waals surface area contributed by atoms with Gasteiger partial charge in [-0.25, -0.2) is 9.97 Å². The summed E-state index contributed by atoms with van der Waals surface area (Å²) in [5.74, 6) is 0.680. The Balaban J connectivity index is 1.55. The van der Waals surface area contributed by atoms with Crippen LogP contribution in [-0.2, 0) is 4.79 Å². The van der Waals surface area contributed by atoms with E-state index in [1.54, 1.807) is 16.2 Å². The number of nitrogens with zero attached hydrogens (tertiary/aromatic N) is 3. The van der Waals surface area contributed by atoms with Crippen LogP contribution in [0.2, 0.25) is 0 Å². The Labute approximate surface area is 167 Å². The van der Waals surface area contributed by atoms with Gasteiger partial charge in [-0.1, -0.05) is 48.5 Å². The molecule has 0 aliphatic heterocycles. The number of carbonyl (C=O) groups is 1. The summed E-state index contributed by atoms with van der Waals surface area (Å²) in [7, 11) is 0. The predicted octanol–water partition coefficient (Wildman–Crippen LogP) is 4.82. The van der Waals surface area contributed by atoms with Crippen LogP contribution >= 0.6 is 11.3 Å². The summed E-state index contributed by atoms with van der Waals surface area (Å²) in [4.78, 5) is 25.3. The number of aromatic nitrogens is 2. The van der Waals surface area contributed by atoms with Crippen LogP contribution < -0.4 is 10.2 Å². The molecular weight excluding hydrogens is 368 g/mol. The number of rotatable bonds is 6. The molecule has 2 aromatic heterocycles. The first-order valence-corrected chi connectivity index (χ1v) is 9.97. The number of para-hydroxylation sites is 1. The highest BCUT2D eigenvalue weighted by Gasteiger charge is 2.15. The summed E-state index contributed by atoms with van der Waals surface area (Å²) in [5.41, 5.74) is 2.04. The van der Waals surface area contributed by atoms with Crippen molar-refractivity contribution in [3.8, 4) is 10.4 Å². The molecule has 4 rings (SSSR count). The number of nitrogens with one attached hydrogen (secondary N) is 1. The molecule has 0 spiro atoms. The van der Waals surface area contributed by atoms with E-state index in [9.17, 15) is 4.79 Å². The van der Waals surface area contributed by atoms with Gasteiger partial charge in [-0.2, -0.15) is 0 Å². The van der Waals surface area contributed by atoms with E-state index in [1.807, 2.05) is 55.5 Å². The van der Waals surface area contributed by atoms with Crippen molar-refractivity contribution in [1.82, 2.24) is 9.97 Å². The lowest BCUT2D eigenvalue weighted by Gasteiger charge is -2.21. The molecule has 0 aliphatic rings. The van der Waals surface area contributed by atoms with Gasteiger partial charge in [0.15, 0.2) is 0 Å². The Hall–Kier alpha value is -3.25. The fourth-order valence-corrected chi connectivity index (χ4v) is 4.11. The molecule has 6 heteroatoms. The molecule has 1 amide bonds. The highest BCUT2D eigenvalue weighted by Crippen LogP contribution is 2.34. The van der Waals surface area contributed by atoms with Gasteiger partial charge in [0, 0.05) is 17.1 Å². The van der Waals surface area contributed by atoms with Gasteiger partial charge in [0.05, 0.1) is 11.9 Å². The van der Waals surface area contributed by atoms with Crippen LogP contribution in [-0.4, -0.2) is 29.0 Å². The van der Waals surface area contributed by atoms with E-state index in [-0.39, 0.29) is 12.5 Å². The average molecular weight is 388 g/mol. The van der Waals surface area contributed by atoms with Crippen molar-refractivity contribution < 1.29 is 4.79 Å². The van der Waals surface area contributed by atoms with Gasteiger partial charge < -0.3 is 10.2 Å². The second kappa shape index (κ2) is 8.19. The van der Waals surface area contributed by atoms with Crippen molar-refractivity contribution in [2.45, 2.75) is 6.92 Å². The van der Waals surface area contributed by atoms with Gasteiger partial charge in [-0.05, 0) is 30.7 Å². The zero-order chi connectivity index (χ0) is 19.3. The van der Waals surface area contributed by atoms with Crippen molar-refractivity contribution in [2.24, 2.45) is 0 Å². The molecule has 0 bridgehead atoms. The molecule has 0 saturated carbocycles. The minimum absolute atomic E-state index is 0.000949. The molecule has 1 N–H and O–H groups in total. The first kappa shape index (κ1) is 18.1. The fraction of sp³-hybridized carbons (Fsp3) is 0.136. The maximum absolute atomic E-state index is 12.7. The molecule has 140 valence electrons. The quantitative estimate of drug-likeness (QED) is 0.514. The molecular formula is C22H20N4OS. The van der Waals surface area contributed by atoms with Crippen molar-refractivity contribution in [1.29, 1.82) is 0 Å². The minimum atomic E-state index is -0.000949. The molecule has 5 nitrogen and oxygen atoms in total. The fourth-order valence-electron chi connectivity index (χ4n) is 3.11. The number of amides is 1. The van der Waals surface area contributed by atoms with Crippen LogP contribution in [0, 0.1) is 0 Å². The van der Waals surface area contributed by atoms with Gasteiger partial charge in [0.25, 0.3) is 0 Å². The number of fused-ring (bicyclic) bond motifs is 1. The van der Waals surface area contributed by atoms with E-state index in [1.165, 1.54) is 6.33 Å². The van der Waals surface area contributed by atoms with Gasteiger partial charge in [-0.15, -0.1) is 11.3 Å². The molecule has 0 unspecified atom stereocenters. The number of likely N-dealkylation sites (N-methyl/N-ethyl adjacent to an activating group) is 1. The number of hydrogen-bond acceptors (Lipinski definition) is 5. The van der Waals surface area contributed by atoms with Crippen LogP contribution in [0.5, 0.6) is 0 Å². The number of anilines is 2. The van der Waals surface area contributed by atoms with E-state index in [0.717, 1.165) is 26.3 Å². The molecule has 2 heterocycles. The van der Waals surface area contributed by atoms with Crippen LogP contribution in [0.15, 0.2) is 73.1 Å². The second-order valence-electron chi connectivity index (χ2n) is 6.24. The molecule has 0 fully saturated rings. The zero-order valence-electron chi connectivity index (χ0n) is 15.5. The van der Waals surface area contributed by atoms with Crippen molar-refractivity contribution >= 4 is 39.0 Å². The van der Waals surface area contributed by atoms with Crippen molar-refractivity contribution in [3.05, 3.63) is 73.1 Å². The molecule has 28 heavy (non-hydrogen) atoms. The van der Waals surface area contributed by atoms with E-state index in [0.29, 0.717) is 12.4 Å². The number of benzene rings is 2. The molecule has 0 saturated heterocycles. The summed E-state index contributed by atoms with van der Waals surface area (Å²) in [6, 6.07) is 22.0. The lowest BCUT2D eigenvalue weighted by Crippen LogP contribution is -2.35. The van der Waals surface area contributed by atoms with Gasteiger partial charge in [0.2, 0.25) is 5.91 Å². The van der Waals surface area contributed by atoms with Crippen LogP contribution in [0.3, 0.4) is 0 Å². The SMILES string of the molecule is CCN(C(=O)CNc1ncnc2sc(-c3ccccc3)cc12)c1ccccc1. The summed E-state index contributed by atoms with van der Waals surface area (Å²) in [6.45, 7) is 2.75. The Morgan fingerprint density at radius 3 is 2.46 bits per heavy atom. The third-order valence-electron chi connectivity index (χ3n) is 4.48. The summed E-state index contributed by atoms with van der Waals surface area (Å²) >= 11 is 1.62. The Bertz CT molecular complexity index is 1080. The minimum Gasteiger partial charge on any atom is -0.360 e. The van der Waals surface area contributed by atoms with E-state index >= 15 is 0 Å². The van der Waals surface area contributed by atoms with Crippen LogP contribution in [0.4, 0.5) is 11.5 Å². The zero-order valence-corrected chi connectivity index (χ0v) is 16.3. The molecule has 2 aromatic carbocycles. The van der Waals surface area contributed by atoms with E-state index < -0.39 is 0 Å². The van der Waals surface area contributed by atoms with E-state index in [2.05, 4.69) is 33.5 Å². The predicted molar refractivity (Wildman–Crippen MR) is 116 cm³/mol. The Morgan fingerprint density at radius 2 is 1.75 bits per heavy atom. The normalized spacial score (nSPS) is 10.8. The third-order valence-corrected chi connectivity index (χ3v) is 5.57. The van der Waals surface area contributed by atoms with Gasteiger partial charge in [-0.3, -0.25) is 4.79 Å². The number of carbonyl (C=O) groups excluding carboxylic acids is 1. The van der Waals surface area contributed by atoms with Gasteiger partial charge >= 0.3 is 0 Å². The monoisotopic (exact) mass is 388 g/mol. The smallest absolute Gasteiger partial charge is 0.246 e. The Morgan fingerprint density at radius 1 is 1.04 bits per heavy atom.